The quantitative estimate of drug-likeness (QED) is 0.692. The van der Waals surface area contributed by atoms with Crippen molar-refractivity contribution in [1.82, 2.24) is 0 Å². The zero-order chi connectivity index (χ0) is 10.1. The first-order valence-electron chi connectivity index (χ1n) is 5.88. The van der Waals surface area contributed by atoms with Crippen LogP contribution >= 0.6 is 0 Å². The maximum atomic E-state index is 5.40. The predicted octanol–water partition coefficient (Wildman–Crippen LogP) is 2.01. The van der Waals surface area contributed by atoms with Gasteiger partial charge in [0.25, 0.3) is 0 Å². The van der Waals surface area contributed by atoms with E-state index >= 15 is 0 Å². The third kappa shape index (κ3) is 1.63. The van der Waals surface area contributed by atoms with Gasteiger partial charge in [0.05, 0.1) is 13.2 Å². The molecule has 1 fully saturated rings. The molecule has 15 heavy (non-hydrogen) atoms. The molecule has 2 heteroatoms. The molecule has 1 aliphatic carbocycles. The minimum atomic E-state index is 0.879. The lowest BCUT2D eigenvalue weighted by Gasteiger charge is -2.30. The number of benzene rings is 1. The average Bonchev–Trinajstić information content (AvgIpc) is 2.78. The summed E-state index contributed by atoms with van der Waals surface area (Å²) in [6.07, 6.45) is 3.87. The largest absolute Gasteiger partial charge is 0.378 e. The van der Waals surface area contributed by atoms with Gasteiger partial charge in [-0.25, -0.2) is 0 Å². The van der Waals surface area contributed by atoms with Gasteiger partial charge in [-0.3, -0.25) is 0 Å². The fourth-order valence-electron chi connectivity index (χ4n) is 2.70. The second-order valence-corrected chi connectivity index (χ2v) is 4.37. The Morgan fingerprint density at radius 2 is 1.93 bits per heavy atom. The number of anilines is 1. The number of fused-ring (bicyclic) bond motifs is 1. The molecule has 0 unspecified atom stereocenters. The first-order chi connectivity index (χ1) is 7.45. The maximum Gasteiger partial charge on any atom is 0.0642 e. The molecule has 0 aromatic heterocycles. The number of morpholine rings is 1. The van der Waals surface area contributed by atoms with E-state index in [1.807, 2.05) is 0 Å². The van der Waals surface area contributed by atoms with E-state index in [1.54, 1.807) is 11.1 Å². The topological polar surface area (TPSA) is 12.5 Å². The highest BCUT2D eigenvalue weighted by atomic mass is 16.5. The Balaban J connectivity index is 1.93. The highest BCUT2D eigenvalue weighted by Gasteiger charge is 2.19. The highest BCUT2D eigenvalue weighted by molar-refractivity contribution is 5.58. The van der Waals surface area contributed by atoms with Crippen molar-refractivity contribution in [3.8, 4) is 0 Å². The zero-order valence-electron chi connectivity index (χ0n) is 9.04. The Hall–Kier alpha value is -1.02. The maximum absolute atomic E-state index is 5.40. The van der Waals surface area contributed by atoms with Gasteiger partial charge in [-0.2, -0.15) is 0 Å². The average molecular weight is 203 g/mol. The summed E-state index contributed by atoms with van der Waals surface area (Å²) >= 11 is 0. The lowest BCUT2D eigenvalue weighted by molar-refractivity contribution is 0.122. The molecule has 1 saturated heterocycles. The third-order valence-electron chi connectivity index (χ3n) is 3.47. The molecule has 0 amide bonds. The van der Waals surface area contributed by atoms with Crippen molar-refractivity contribution in [3.63, 3.8) is 0 Å². The van der Waals surface area contributed by atoms with Crippen LogP contribution < -0.4 is 4.90 Å². The normalized spacial score (nSPS) is 20.4. The molecule has 3 rings (SSSR count). The first kappa shape index (κ1) is 9.22. The summed E-state index contributed by atoms with van der Waals surface area (Å²) in [7, 11) is 0. The molecule has 1 aromatic rings. The van der Waals surface area contributed by atoms with Crippen LogP contribution in [0.25, 0.3) is 0 Å². The Bertz CT molecular complexity index is 356. The van der Waals surface area contributed by atoms with Crippen LogP contribution in [0.4, 0.5) is 5.69 Å². The van der Waals surface area contributed by atoms with E-state index in [-0.39, 0.29) is 0 Å². The second-order valence-electron chi connectivity index (χ2n) is 4.37. The highest BCUT2D eigenvalue weighted by Crippen LogP contribution is 2.31. The molecule has 0 N–H and O–H groups in total. The molecule has 2 nitrogen and oxygen atoms in total. The number of hydrogen-bond acceptors (Lipinski definition) is 2. The molecular formula is C13H17NO. The van der Waals surface area contributed by atoms with E-state index in [1.165, 1.54) is 24.9 Å². The summed E-state index contributed by atoms with van der Waals surface area (Å²) < 4.78 is 5.40. The SMILES string of the molecule is c1cc2c(c(N3CCOCC3)c1)CCC2. The summed E-state index contributed by atoms with van der Waals surface area (Å²) in [5.74, 6) is 0. The third-order valence-corrected chi connectivity index (χ3v) is 3.47. The fourth-order valence-corrected chi connectivity index (χ4v) is 2.70. The molecule has 80 valence electrons. The van der Waals surface area contributed by atoms with Crippen LogP contribution in [0.2, 0.25) is 0 Å². The molecule has 0 radical (unpaired) electrons. The Kier molecular flexibility index (Phi) is 2.37. The van der Waals surface area contributed by atoms with Crippen LogP contribution in [0, 0.1) is 0 Å². The zero-order valence-corrected chi connectivity index (χ0v) is 9.04. The summed E-state index contributed by atoms with van der Waals surface area (Å²) in [6.45, 7) is 3.86. The van der Waals surface area contributed by atoms with Crippen LogP contribution in [-0.2, 0) is 17.6 Å². The predicted molar refractivity (Wildman–Crippen MR) is 61.5 cm³/mol. The molecule has 0 saturated carbocycles. The van der Waals surface area contributed by atoms with Gasteiger partial charge in [0.15, 0.2) is 0 Å². The second kappa shape index (κ2) is 3.86. The molecule has 0 spiro atoms. The van der Waals surface area contributed by atoms with Crippen molar-refractivity contribution < 1.29 is 4.74 Å². The number of ether oxygens (including phenoxy) is 1. The number of nitrogens with zero attached hydrogens (tertiary/aromatic N) is 1. The molecule has 0 bridgehead atoms. The van der Waals surface area contributed by atoms with Crippen molar-refractivity contribution in [2.24, 2.45) is 0 Å². The van der Waals surface area contributed by atoms with Gasteiger partial charge >= 0.3 is 0 Å². The van der Waals surface area contributed by atoms with Crippen LogP contribution in [0.15, 0.2) is 18.2 Å². The minimum Gasteiger partial charge on any atom is -0.378 e. The molecule has 0 atom stereocenters. The molecule has 1 aromatic carbocycles. The lowest BCUT2D eigenvalue weighted by Crippen LogP contribution is -2.36. The van der Waals surface area contributed by atoms with E-state index in [0.29, 0.717) is 0 Å². The van der Waals surface area contributed by atoms with Gasteiger partial charge in [-0.1, -0.05) is 12.1 Å². The number of rotatable bonds is 1. The Morgan fingerprint density at radius 1 is 1.07 bits per heavy atom. The van der Waals surface area contributed by atoms with Crippen LogP contribution in [0.1, 0.15) is 17.5 Å². The van der Waals surface area contributed by atoms with Crippen molar-refractivity contribution >= 4 is 5.69 Å². The van der Waals surface area contributed by atoms with Gasteiger partial charge < -0.3 is 9.64 Å². The molecule has 2 aliphatic rings. The summed E-state index contributed by atoms with van der Waals surface area (Å²) in [5, 5.41) is 0. The van der Waals surface area contributed by atoms with E-state index < -0.39 is 0 Å². The lowest BCUT2D eigenvalue weighted by atomic mass is 10.1. The van der Waals surface area contributed by atoms with E-state index in [2.05, 4.69) is 23.1 Å². The van der Waals surface area contributed by atoms with Crippen LogP contribution in [0.3, 0.4) is 0 Å². The monoisotopic (exact) mass is 203 g/mol. The van der Waals surface area contributed by atoms with Crippen LogP contribution in [0.5, 0.6) is 0 Å². The van der Waals surface area contributed by atoms with Gasteiger partial charge in [0, 0.05) is 18.8 Å². The molecule has 1 aliphatic heterocycles. The van der Waals surface area contributed by atoms with Crippen molar-refractivity contribution in [1.29, 1.82) is 0 Å². The minimum absolute atomic E-state index is 0.879. The summed E-state index contributed by atoms with van der Waals surface area (Å²) in [6, 6.07) is 6.76. The van der Waals surface area contributed by atoms with Gasteiger partial charge in [0.1, 0.15) is 0 Å². The van der Waals surface area contributed by atoms with Gasteiger partial charge in [-0.15, -0.1) is 0 Å². The summed E-state index contributed by atoms with van der Waals surface area (Å²) in [4.78, 5) is 2.48. The van der Waals surface area contributed by atoms with E-state index in [4.69, 9.17) is 4.74 Å². The first-order valence-corrected chi connectivity index (χ1v) is 5.88. The molecule has 1 heterocycles. The molecular weight excluding hydrogens is 186 g/mol. The summed E-state index contributed by atoms with van der Waals surface area (Å²) in [5.41, 5.74) is 4.63. The fraction of sp³-hybridized carbons (Fsp3) is 0.538. The van der Waals surface area contributed by atoms with Gasteiger partial charge in [-0.05, 0) is 36.5 Å². The van der Waals surface area contributed by atoms with Gasteiger partial charge in [0.2, 0.25) is 0 Å². The van der Waals surface area contributed by atoms with Crippen molar-refractivity contribution in [2.75, 3.05) is 31.2 Å². The Labute approximate surface area is 90.8 Å². The van der Waals surface area contributed by atoms with E-state index in [9.17, 15) is 0 Å². The standard InChI is InChI=1S/C13H17NO/c1-3-11-4-2-6-13(12(11)5-1)14-7-9-15-10-8-14/h2,4,6H,1,3,5,7-10H2. The van der Waals surface area contributed by atoms with E-state index in [0.717, 1.165) is 26.3 Å². The van der Waals surface area contributed by atoms with Crippen molar-refractivity contribution in [3.05, 3.63) is 29.3 Å². The van der Waals surface area contributed by atoms with Crippen molar-refractivity contribution in [2.45, 2.75) is 19.3 Å². The number of aryl methyl sites for hydroxylation is 1. The number of hydrogen-bond donors (Lipinski definition) is 0. The smallest absolute Gasteiger partial charge is 0.0642 e. The Morgan fingerprint density at radius 3 is 2.80 bits per heavy atom. The van der Waals surface area contributed by atoms with Crippen LogP contribution in [-0.4, -0.2) is 26.3 Å².